The van der Waals surface area contributed by atoms with Crippen molar-refractivity contribution < 1.29 is 4.92 Å². The number of nitro groups is 1. The highest BCUT2D eigenvalue weighted by Gasteiger charge is 2.27. The van der Waals surface area contributed by atoms with Gasteiger partial charge in [0.25, 0.3) is 0 Å². The standard InChI is InChI=1S/C9H12N4O2/c1-12(7-5-10-6-7)8-3-2-4-11-9(8)13(14)15/h2-4,7,10H,5-6H2,1H3. The summed E-state index contributed by atoms with van der Waals surface area (Å²) < 4.78 is 0. The number of hydrogen-bond donors (Lipinski definition) is 1. The molecule has 80 valence electrons. The van der Waals surface area contributed by atoms with Crippen LogP contribution in [-0.4, -0.2) is 36.1 Å². The summed E-state index contributed by atoms with van der Waals surface area (Å²) in [6, 6.07) is 3.77. The quantitative estimate of drug-likeness (QED) is 0.575. The van der Waals surface area contributed by atoms with E-state index in [9.17, 15) is 10.1 Å². The molecule has 2 rings (SSSR count). The fourth-order valence-corrected chi connectivity index (χ4v) is 1.55. The van der Waals surface area contributed by atoms with E-state index in [1.165, 1.54) is 6.20 Å². The molecule has 6 nitrogen and oxygen atoms in total. The fraction of sp³-hybridized carbons (Fsp3) is 0.444. The summed E-state index contributed by atoms with van der Waals surface area (Å²) >= 11 is 0. The maximum absolute atomic E-state index is 10.8. The van der Waals surface area contributed by atoms with Crippen LogP contribution in [0.3, 0.4) is 0 Å². The molecule has 0 unspecified atom stereocenters. The molecule has 0 aliphatic carbocycles. The van der Waals surface area contributed by atoms with E-state index in [2.05, 4.69) is 10.3 Å². The van der Waals surface area contributed by atoms with Gasteiger partial charge in [-0.05, 0) is 22.0 Å². The largest absolute Gasteiger partial charge is 0.387 e. The molecule has 0 saturated carbocycles. The number of hydrogen-bond acceptors (Lipinski definition) is 5. The van der Waals surface area contributed by atoms with E-state index in [0.29, 0.717) is 11.7 Å². The first-order chi connectivity index (χ1) is 7.20. The molecule has 1 saturated heterocycles. The number of nitrogens with zero attached hydrogens (tertiary/aromatic N) is 3. The van der Waals surface area contributed by atoms with Gasteiger partial charge in [0.15, 0.2) is 0 Å². The Hall–Kier alpha value is -1.69. The lowest BCUT2D eigenvalue weighted by Gasteiger charge is -2.36. The van der Waals surface area contributed by atoms with Crippen molar-refractivity contribution >= 4 is 11.5 Å². The molecule has 15 heavy (non-hydrogen) atoms. The van der Waals surface area contributed by atoms with Crippen LogP contribution < -0.4 is 10.2 Å². The van der Waals surface area contributed by atoms with E-state index in [0.717, 1.165) is 13.1 Å². The molecule has 6 heteroatoms. The van der Waals surface area contributed by atoms with Crippen LogP contribution in [0.15, 0.2) is 18.3 Å². The van der Waals surface area contributed by atoms with Crippen molar-refractivity contribution in [2.24, 2.45) is 0 Å². The summed E-state index contributed by atoms with van der Waals surface area (Å²) in [5, 5.41) is 13.9. The van der Waals surface area contributed by atoms with E-state index in [1.807, 2.05) is 11.9 Å². The van der Waals surface area contributed by atoms with E-state index in [-0.39, 0.29) is 5.82 Å². The second kappa shape index (κ2) is 3.82. The summed E-state index contributed by atoms with van der Waals surface area (Å²) in [6.45, 7) is 1.73. The van der Waals surface area contributed by atoms with Crippen LogP contribution in [-0.2, 0) is 0 Å². The Labute approximate surface area is 87.1 Å². The zero-order valence-corrected chi connectivity index (χ0v) is 8.38. The lowest BCUT2D eigenvalue weighted by Crippen LogP contribution is -2.56. The molecule has 0 amide bonds. The summed E-state index contributed by atoms with van der Waals surface area (Å²) in [4.78, 5) is 16.0. The van der Waals surface area contributed by atoms with Gasteiger partial charge in [-0.25, -0.2) is 0 Å². The van der Waals surface area contributed by atoms with Gasteiger partial charge < -0.3 is 20.3 Å². The van der Waals surface area contributed by atoms with Crippen LogP contribution in [0.2, 0.25) is 0 Å². The highest BCUT2D eigenvalue weighted by molar-refractivity contribution is 5.59. The van der Waals surface area contributed by atoms with Gasteiger partial charge in [0.1, 0.15) is 11.9 Å². The monoisotopic (exact) mass is 208 g/mol. The summed E-state index contributed by atoms with van der Waals surface area (Å²) in [5.41, 5.74) is 0.578. The molecule has 0 spiro atoms. The van der Waals surface area contributed by atoms with Gasteiger partial charge in [0.2, 0.25) is 0 Å². The molecule has 1 N–H and O–H groups in total. The van der Waals surface area contributed by atoms with Gasteiger partial charge >= 0.3 is 5.82 Å². The van der Waals surface area contributed by atoms with Gasteiger partial charge in [-0.1, -0.05) is 0 Å². The lowest BCUT2D eigenvalue weighted by atomic mass is 10.1. The Morgan fingerprint density at radius 1 is 1.67 bits per heavy atom. The number of likely N-dealkylation sites (N-methyl/N-ethyl adjacent to an activating group) is 1. The van der Waals surface area contributed by atoms with Crippen LogP contribution in [0.25, 0.3) is 0 Å². The van der Waals surface area contributed by atoms with Crippen LogP contribution in [0.1, 0.15) is 0 Å². The summed E-state index contributed by atoms with van der Waals surface area (Å²) in [6.07, 6.45) is 1.44. The molecule has 0 atom stereocenters. The highest BCUT2D eigenvalue weighted by atomic mass is 16.6. The second-order valence-corrected chi connectivity index (χ2v) is 3.53. The normalized spacial score (nSPS) is 15.8. The van der Waals surface area contributed by atoms with Crippen molar-refractivity contribution in [1.82, 2.24) is 10.3 Å². The minimum Gasteiger partial charge on any atom is -0.362 e. The van der Waals surface area contributed by atoms with E-state index < -0.39 is 4.92 Å². The van der Waals surface area contributed by atoms with Gasteiger partial charge in [-0.15, -0.1) is 0 Å². The minimum atomic E-state index is -0.447. The molecule has 1 fully saturated rings. The average molecular weight is 208 g/mol. The van der Waals surface area contributed by atoms with E-state index in [4.69, 9.17) is 0 Å². The Balaban J connectivity index is 2.29. The van der Waals surface area contributed by atoms with E-state index >= 15 is 0 Å². The van der Waals surface area contributed by atoms with Crippen molar-refractivity contribution in [3.8, 4) is 0 Å². The molecule has 1 aliphatic rings. The van der Waals surface area contributed by atoms with E-state index in [1.54, 1.807) is 12.1 Å². The molecule has 2 heterocycles. The molecular formula is C9H12N4O2. The average Bonchev–Trinajstić information content (AvgIpc) is 2.15. The topological polar surface area (TPSA) is 71.3 Å². The zero-order chi connectivity index (χ0) is 10.8. The third-order valence-corrected chi connectivity index (χ3v) is 2.63. The Morgan fingerprint density at radius 3 is 2.93 bits per heavy atom. The predicted octanol–water partition coefficient (Wildman–Crippen LogP) is 0.398. The van der Waals surface area contributed by atoms with Crippen molar-refractivity contribution in [2.75, 3.05) is 25.0 Å². The molecule has 1 aromatic rings. The Morgan fingerprint density at radius 2 is 2.40 bits per heavy atom. The number of aromatic nitrogens is 1. The Kier molecular flexibility index (Phi) is 2.51. The van der Waals surface area contributed by atoms with Crippen molar-refractivity contribution in [3.05, 3.63) is 28.4 Å². The number of pyridine rings is 1. The predicted molar refractivity (Wildman–Crippen MR) is 56.0 cm³/mol. The fourth-order valence-electron chi connectivity index (χ4n) is 1.55. The smallest absolute Gasteiger partial charge is 0.362 e. The molecule has 1 aliphatic heterocycles. The number of anilines is 1. The summed E-state index contributed by atoms with van der Waals surface area (Å²) in [7, 11) is 1.86. The molecule has 0 radical (unpaired) electrons. The SMILES string of the molecule is CN(c1cccnc1[N+](=O)[O-])C1CNC1. The highest BCUT2D eigenvalue weighted by Crippen LogP contribution is 2.26. The number of nitrogens with one attached hydrogen (secondary N) is 1. The number of rotatable bonds is 3. The third-order valence-electron chi connectivity index (χ3n) is 2.63. The Bertz CT molecular complexity index is 378. The molecular weight excluding hydrogens is 196 g/mol. The first-order valence-corrected chi connectivity index (χ1v) is 4.73. The third kappa shape index (κ3) is 1.75. The van der Waals surface area contributed by atoms with Crippen LogP contribution >= 0.6 is 0 Å². The van der Waals surface area contributed by atoms with Crippen LogP contribution in [0.4, 0.5) is 11.5 Å². The zero-order valence-electron chi connectivity index (χ0n) is 8.38. The van der Waals surface area contributed by atoms with Crippen LogP contribution in [0.5, 0.6) is 0 Å². The van der Waals surface area contributed by atoms with Gasteiger partial charge in [-0.2, -0.15) is 0 Å². The van der Waals surface area contributed by atoms with Crippen molar-refractivity contribution in [3.63, 3.8) is 0 Å². The molecule has 1 aromatic heterocycles. The first kappa shape index (κ1) is 9.85. The second-order valence-electron chi connectivity index (χ2n) is 3.53. The van der Waals surface area contributed by atoms with Crippen LogP contribution in [0, 0.1) is 10.1 Å². The maximum Gasteiger partial charge on any atom is 0.387 e. The van der Waals surface area contributed by atoms with Gasteiger partial charge in [0, 0.05) is 20.1 Å². The minimum absolute atomic E-state index is 0.0769. The molecule has 0 aromatic carbocycles. The van der Waals surface area contributed by atoms with Crippen molar-refractivity contribution in [2.45, 2.75) is 6.04 Å². The summed E-state index contributed by atoms with van der Waals surface area (Å²) in [5.74, 6) is -0.0769. The first-order valence-electron chi connectivity index (χ1n) is 4.73. The maximum atomic E-state index is 10.8. The van der Waals surface area contributed by atoms with Gasteiger partial charge in [-0.3, -0.25) is 0 Å². The lowest BCUT2D eigenvalue weighted by molar-refractivity contribution is -0.388. The molecule has 0 bridgehead atoms. The van der Waals surface area contributed by atoms with Crippen molar-refractivity contribution in [1.29, 1.82) is 0 Å². The van der Waals surface area contributed by atoms with Gasteiger partial charge in [0.05, 0.1) is 6.04 Å².